The van der Waals surface area contributed by atoms with Gasteiger partial charge in [-0.3, -0.25) is 0 Å². The van der Waals surface area contributed by atoms with Gasteiger partial charge in [-0.05, 0) is 23.6 Å². The average molecular weight is 326 g/mol. The topological polar surface area (TPSA) is 50.2 Å². The summed E-state index contributed by atoms with van der Waals surface area (Å²) in [6, 6.07) is 14.8. The van der Waals surface area contributed by atoms with Crippen LogP contribution in [0.5, 0.6) is 0 Å². The summed E-state index contributed by atoms with van der Waals surface area (Å²) in [6.07, 6.45) is 0. The molecule has 0 bridgehead atoms. The second-order valence-electron chi connectivity index (χ2n) is 5.77. The summed E-state index contributed by atoms with van der Waals surface area (Å²) in [7, 11) is 0. The van der Waals surface area contributed by atoms with E-state index in [1.54, 1.807) is 24.3 Å². The minimum atomic E-state index is -0.986. The third-order valence-electron chi connectivity index (χ3n) is 3.89. The van der Waals surface area contributed by atoms with E-state index in [4.69, 9.17) is 11.6 Å². The number of carbonyl (C=O) groups is 1. The van der Waals surface area contributed by atoms with Crippen LogP contribution in [0.3, 0.4) is 0 Å². The third-order valence-corrected chi connectivity index (χ3v) is 4.20. The number of carboxylic acid groups (broad SMARTS) is 1. The molecule has 23 heavy (non-hydrogen) atoms. The maximum Gasteiger partial charge on any atom is 0.336 e. The zero-order valence-corrected chi connectivity index (χ0v) is 13.6. The highest BCUT2D eigenvalue weighted by Crippen LogP contribution is 2.29. The Morgan fingerprint density at radius 2 is 1.83 bits per heavy atom. The van der Waals surface area contributed by atoms with Gasteiger partial charge in [0, 0.05) is 10.9 Å². The lowest BCUT2D eigenvalue weighted by atomic mass is 9.99. The molecule has 0 saturated heterocycles. The minimum absolute atomic E-state index is 0.209. The van der Waals surface area contributed by atoms with Gasteiger partial charge in [0.25, 0.3) is 0 Å². The number of pyridine rings is 1. The molecule has 1 aromatic heterocycles. The van der Waals surface area contributed by atoms with Gasteiger partial charge in [-0.2, -0.15) is 0 Å². The van der Waals surface area contributed by atoms with Crippen LogP contribution >= 0.6 is 11.6 Å². The number of benzene rings is 2. The summed E-state index contributed by atoms with van der Waals surface area (Å²) < 4.78 is 0. The molecule has 0 aliphatic heterocycles. The molecule has 0 saturated carbocycles. The average Bonchev–Trinajstić information content (AvgIpc) is 2.54. The van der Waals surface area contributed by atoms with Crippen molar-refractivity contribution in [2.45, 2.75) is 19.8 Å². The van der Waals surface area contributed by atoms with Gasteiger partial charge in [0.15, 0.2) is 0 Å². The van der Waals surface area contributed by atoms with Gasteiger partial charge in [-0.15, -0.1) is 0 Å². The van der Waals surface area contributed by atoms with Gasteiger partial charge in [0.1, 0.15) is 0 Å². The van der Waals surface area contributed by atoms with Crippen LogP contribution < -0.4 is 0 Å². The zero-order chi connectivity index (χ0) is 16.6. The molecular weight excluding hydrogens is 310 g/mol. The summed E-state index contributed by atoms with van der Waals surface area (Å²) in [5.74, 6) is -0.544. The molecule has 116 valence electrons. The highest BCUT2D eigenvalue weighted by atomic mass is 35.5. The minimum Gasteiger partial charge on any atom is -0.478 e. The maximum atomic E-state index is 11.6. The van der Waals surface area contributed by atoms with Crippen molar-refractivity contribution >= 4 is 28.5 Å². The zero-order valence-electron chi connectivity index (χ0n) is 12.9. The SMILES string of the molecule is CC(C)c1ccc(-c2cc(C(=O)O)c3cccc(Cl)c3n2)cc1. The fourth-order valence-electron chi connectivity index (χ4n) is 2.58. The molecular formula is C19H16ClNO2. The number of hydrogen-bond acceptors (Lipinski definition) is 2. The normalized spacial score (nSPS) is 11.1. The van der Waals surface area contributed by atoms with E-state index in [1.165, 1.54) is 5.56 Å². The standard InChI is InChI=1S/C19H16ClNO2/c1-11(2)12-6-8-13(9-7-12)17-10-15(19(22)23)14-4-3-5-16(20)18(14)21-17/h3-11H,1-2H3,(H,22,23). The number of halogens is 1. The molecule has 0 unspecified atom stereocenters. The molecule has 0 spiro atoms. The lowest BCUT2D eigenvalue weighted by molar-refractivity contribution is 0.0699. The van der Waals surface area contributed by atoms with Crippen molar-refractivity contribution in [2.24, 2.45) is 0 Å². The van der Waals surface area contributed by atoms with Gasteiger partial charge in [0.2, 0.25) is 0 Å². The first-order chi connectivity index (χ1) is 11.0. The van der Waals surface area contributed by atoms with Crippen molar-refractivity contribution in [2.75, 3.05) is 0 Å². The molecule has 1 heterocycles. The maximum absolute atomic E-state index is 11.6. The van der Waals surface area contributed by atoms with Gasteiger partial charge in [0.05, 0.1) is 21.8 Å². The van der Waals surface area contributed by atoms with Crippen molar-refractivity contribution < 1.29 is 9.90 Å². The fourth-order valence-corrected chi connectivity index (χ4v) is 2.79. The number of para-hydroxylation sites is 1. The predicted octanol–water partition coefficient (Wildman–Crippen LogP) is 5.38. The second-order valence-corrected chi connectivity index (χ2v) is 6.18. The number of aromatic nitrogens is 1. The Bertz CT molecular complexity index is 886. The summed E-state index contributed by atoms with van der Waals surface area (Å²) >= 11 is 6.20. The number of fused-ring (bicyclic) bond motifs is 1. The van der Waals surface area contributed by atoms with Crippen molar-refractivity contribution in [3.05, 3.63) is 64.7 Å². The van der Waals surface area contributed by atoms with Crippen LogP contribution in [0.25, 0.3) is 22.2 Å². The highest BCUT2D eigenvalue weighted by Gasteiger charge is 2.14. The Morgan fingerprint density at radius 1 is 1.13 bits per heavy atom. The predicted molar refractivity (Wildman–Crippen MR) is 93.2 cm³/mol. The first-order valence-electron chi connectivity index (χ1n) is 7.40. The number of hydrogen-bond donors (Lipinski definition) is 1. The molecule has 0 amide bonds. The van der Waals surface area contributed by atoms with Gasteiger partial charge < -0.3 is 5.11 Å². The molecule has 3 rings (SSSR count). The summed E-state index contributed by atoms with van der Waals surface area (Å²) in [5, 5.41) is 10.5. The number of aromatic carboxylic acids is 1. The molecule has 0 atom stereocenters. The van der Waals surface area contributed by atoms with E-state index < -0.39 is 5.97 Å². The van der Waals surface area contributed by atoms with E-state index in [0.29, 0.717) is 27.5 Å². The fraction of sp³-hybridized carbons (Fsp3) is 0.158. The molecule has 1 N–H and O–H groups in total. The first kappa shape index (κ1) is 15.5. The Kier molecular flexibility index (Phi) is 4.05. The van der Waals surface area contributed by atoms with Crippen LogP contribution in [0.1, 0.15) is 35.7 Å². The Balaban J connectivity index is 2.21. The van der Waals surface area contributed by atoms with Crippen LogP contribution in [-0.4, -0.2) is 16.1 Å². The highest BCUT2D eigenvalue weighted by molar-refractivity contribution is 6.35. The monoisotopic (exact) mass is 325 g/mol. The third kappa shape index (κ3) is 2.92. The largest absolute Gasteiger partial charge is 0.478 e. The summed E-state index contributed by atoms with van der Waals surface area (Å²) in [6.45, 7) is 4.26. The van der Waals surface area contributed by atoms with Crippen LogP contribution in [0.15, 0.2) is 48.5 Å². The number of rotatable bonds is 3. The van der Waals surface area contributed by atoms with Gasteiger partial charge >= 0.3 is 5.97 Å². The quantitative estimate of drug-likeness (QED) is 0.703. The van der Waals surface area contributed by atoms with Crippen LogP contribution in [-0.2, 0) is 0 Å². The summed E-state index contributed by atoms with van der Waals surface area (Å²) in [5.41, 5.74) is 3.43. The van der Waals surface area contributed by atoms with Crippen molar-refractivity contribution in [3.8, 4) is 11.3 Å². The lowest BCUT2D eigenvalue weighted by Gasteiger charge is -2.10. The van der Waals surface area contributed by atoms with Crippen molar-refractivity contribution in [1.82, 2.24) is 4.98 Å². The van der Waals surface area contributed by atoms with Crippen molar-refractivity contribution in [1.29, 1.82) is 0 Å². The molecule has 0 radical (unpaired) electrons. The smallest absolute Gasteiger partial charge is 0.336 e. The molecule has 3 nitrogen and oxygen atoms in total. The Labute approximate surface area is 139 Å². The van der Waals surface area contributed by atoms with E-state index in [2.05, 4.69) is 18.8 Å². The number of nitrogens with zero attached hydrogens (tertiary/aromatic N) is 1. The molecule has 2 aromatic carbocycles. The van der Waals surface area contributed by atoms with Crippen molar-refractivity contribution in [3.63, 3.8) is 0 Å². The summed E-state index contributed by atoms with van der Waals surface area (Å²) in [4.78, 5) is 16.1. The molecule has 0 aliphatic rings. The van der Waals surface area contributed by atoms with Gasteiger partial charge in [-0.25, -0.2) is 9.78 Å². The van der Waals surface area contributed by atoms with Crippen LogP contribution in [0.4, 0.5) is 0 Å². The molecule has 4 heteroatoms. The van der Waals surface area contributed by atoms with E-state index in [9.17, 15) is 9.90 Å². The van der Waals surface area contributed by atoms with E-state index in [0.717, 1.165) is 5.56 Å². The Hall–Kier alpha value is -2.39. The second kappa shape index (κ2) is 6.01. The lowest BCUT2D eigenvalue weighted by Crippen LogP contribution is -2.00. The molecule has 0 fully saturated rings. The van der Waals surface area contributed by atoms with Crippen LogP contribution in [0, 0.1) is 0 Å². The molecule has 0 aliphatic carbocycles. The number of carboxylic acids is 1. The Morgan fingerprint density at radius 3 is 2.43 bits per heavy atom. The van der Waals surface area contributed by atoms with E-state index in [-0.39, 0.29) is 5.56 Å². The first-order valence-corrected chi connectivity index (χ1v) is 7.78. The van der Waals surface area contributed by atoms with E-state index >= 15 is 0 Å². The van der Waals surface area contributed by atoms with E-state index in [1.807, 2.05) is 24.3 Å². The van der Waals surface area contributed by atoms with Gasteiger partial charge in [-0.1, -0.05) is 61.8 Å². The van der Waals surface area contributed by atoms with Crippen LogP contribution in [0.2, 0.25) is 5.02 Å². The molecule has 3 aromatic rings.